The van der Waals surface area contributed by atoms with Crippen LogP contribution < -0.4 is 5.32 Å². The van der Waals surface area contributed by atoms with Crippen LogP contribution in [0, 0.1) is 10.1 Å². The van der Waals surface area contributed by atoms with Gasteiger partial charge >= 0.3 is 5.69 Å². The number of carbonyl (C=O) groups excluding carboxylic acids is 1. The molecule has 8 heteroatoms. The van der Waals surface area contributed by atoms with E-state index in [9.17, 15) is 14.9 Å². The number of benzene rings is 2. The molecule has 2 aromatic rings. The Hall–Kier alpha value is -1.82. The van der Waals surface area contributed by atoms with Crippen LogP contribution in [0.25, 0.3) is 0 Å². The lowest BCUT2D eigenvalue weighted by Gasteiger charge is -2.08. The third-order valence-corrected chi connectivity index (χ3v) is 3.46. The number of halogens is 3. The number of para-hydroxylation sites is 1. The third-order valence-electron chi connectivity index (χ3n) is 2.59. The molecule has 5 nitrogen and oxygen atoms in total. The number of hydrogen-bond acceptors (Lipinski definition) is 3. The SMILES string of the molecule is O=C(Nc1cc(Cl)ccc1Cl)c1cccc(Cl)c1[N+](=O)[O-]. The second kappa shape index (κ2) is 6.30. The van der Waals surface area contributed by atoms with Crippen LogP contribution >= 0.6 is 34.8 Å². The Bertz CT molecular complexity index is 735. The van der Waals surface area contributed by atoms with Crippen LogP contribution in [0.3, 0.4) is 0 Å². The molecule has 0 spiro atoms. The highest BCUT2D eigenvalue weighted by Gasteiger charge is 2.24. The van der Waals surface area contributed by atoms with E-state index in [4.69, 9.17) is 34.8 Å². The van der Waals surface area contributed by atoms with Gasteiger partial charge in [-0.25, -0.2) is 0 Å². The van der Waals surface area contributed by atoms with E-state index in [0.717, 1.165) is 0 Å². The highest BCUT2D eigenvalue weighted by molar-refractivity contribution is 6.36. The Kier molecular flexibility index (Phi) is 4.67. The minimum atomic E-state index is -0.711. The van der Waals surface area contributed by atoms with Gasteiger partial charge in [-0.2, -0.15) is 0 Å². The molecule has 0 saturated carbocycles. The summed E-state index contributed by atoms with van der Waals surface area (Å²) in [5, 5.41) is 14.0. The number of nitro groups is 1. The molecule has 0 atom stereocenters. The average Bonchev–Trinajstić information content (AvgIpc) is 2.42. The first-order valence-electron chi connectivity index (χ1n) is 5.59. The molecular formula is C13H7Cl3N2O3. The smallest absolute Gasteiger partial charge is 0.300 e. The first-order chi connectivity index (χ1) is 9.90. The van der Waals surface area contributed by atoms with Gasteiger partial charge in [-0.15, -0.1) is 0 Å². The minimum Gasteiger partial charge on any atom is -0.320 e. The summed E-state index contributed by atoms with van der Waals surface area (Å²) < 4.78 is 0. The van der Waals surface area contributed by atoms with Crippen molar-refractivity contribution in [3.05, 3.63) is 67.1 Å². The lowest BCUT2D eigenvalue weighted by Crippen LogP contribution is -2.14. The van der Waals surface area contributed by atoms with Crippen LogP contribution in [0.1, 0.15) is 10.4 Å². The number of carbonyl (C=O) groups is 1. The van der Waals surface area contributed by atoms with Crippen molar-refractivity contribution in [2.45, 2.75) is 0 Å². The van der Waals surface area contributed by atoms with E-state index >= 15 is 0 Å². The summed E-state index contributed by atoms with van der Waals surface area (Å²) in [4.78, 5) is 22.5. The van der Waals surface area contributed by atoms with E-state index < -0.39 is 16.5 Å². The number of nitro benzene ring substituents is 1. The van der Waals surface area contributed by atoms with Crippen LogP contribution in [0.15, 0.2) is 36.4 Å². The van der Waals surface area contributed by atoms with Crippen molar-refractivity contribution >= 4 is 52.1 Å². The van der Waals surface area contributed by atoms with Gasteiger partial charge in [-0.05, 0) is 30.3 Å². The van der Waals surface area contributed by atoms with Crippen LogP contribution in [-0.2, 0) is 0 Å². The lowest BCUT2D eigenvalue weighted by atomic mass is 10.1. The standard InChI is InChI=1S/C13H7Cl3N2O3/c14-7-4-5-9(15)11(6-7)17-13(19)8-2-1-3-10(16)12(8)18(20)21/h1-6H,(H,17,19). The normalized spacial score (nSPS) is 10.2. The Labute approximate surface area is 134 Å². The van der Waals surface area contributed by atoms with Gasteiger partial charge in [0.1, 0.15) is 10.6 Å². The van der Waals surface area contributed by atoms with Crippen molar-refractivity contribution < 1.29 is 9.72 Å². The number of anilines is 1. The van der Waals surface area contributed by atoms with Crippen LogP contribution in [0.5, 0.6) is 0 Å². The Morgan fingerprint density at radius 1 is 1.10 bits per heavy atom. The molecule has 0 unspecified atom stereocenters. The van der Waals surface area contributed by atoms with Crippen molar-refractivity contribution in [2.24, 2.45) is 0 Å². The summed E-state index contributed by atoms with van der Waals surface area (Å²) in [6, 6.07) is 8.59. The molecule has 0 aliphatic rings. The molecule has 0 aliphatic carbocycles. The second-order valence-electron chi connectivity index (χ2n) is 3.97. The maximum absolute atomic E-state index is 12.2. The average molecular weight is 346 g/mol. The molecule has 0 saturated heterocycles. The van der Waals surface area contributed by atoms with Crippen molar-refractivity contribution in [1.82, 2.24) is 0 Å². The molecule has 1 amide bonds. The Morgan fingerprint density at radius 2 is 1.81 bits per heavy atom. The zero-order valence-electron chi connectivity index (χ0n) is 10.3. The number of hydrogen-bond donors (Lipinski definition) is 1. The molecule has 0 heterocycles. The number of rotatable bonds is 3. The highest BCUT2D eigenvalue weighted by Crippen LogP contribution is 2.30. The van der Waals surface area contributed by atoms with Crippen LogP contribution in [0.4, 0.5) is 11.4 Å². The molecule has 0 radical (unpaired) electrons. The predicted molar refractivity (Wildman–Crippen MR) is 82.5 cm³/mol. The van der Waals surface area contributed by atoms with Crippen LogP contribution in [0.2, 0.25) is 15.1 Å². The van der Waals surface area contributed by atoms with E-state index in [1.807, 2.05) is 0 Å². The zero-order chi connectivity index (χ0) is 15.6. The summed E-state index contributed by atoms with van der Waals surface area (Å²) in [6.45, 7) is 0. The molecule has 0 bridgehead atoms. The number of amides is 1. The maximum Gasteiger partial charge on any atom is 0.300 e. The molecule has 108 valence electrons. The molecule has 0 aliphatic heterocycles. The molecule has 0 fully saturated rings. The molecular weight excluding hydrogens is 339 g/mol. The van der Waals surface area contributed by atoms with Gasteiger partial charge < -0.3 is 5.32 Å². The van der Waals surface area contributed by atoms with E-state index in [0.29, 0.717) is 5.02 Å². The first-order valence-corrected chi connectivity index (χ1v) is 6.73. The van der Waals surface area contributed by atoms with Crippen molar-refractivity contribution in [3.63, 3.8) is 0 Å². The molecule has 0 aromatic heterocycles. The topological polar surface area (TPSA) is 72.2 Å². The van der Waals surface area contributed by atoms with E-state index in [1.54, 1.807) is 6.07 Å². The zero-order valence-corrected chi connectivity index (χ0v) is 12.5. The van der Waals surface area contributed by atoms with Gasteiger partial charge in [0.15, 0.2) is 0 Å². The summed E-state index contributed by atoms with van der Waals surface area (Å²) in [7, 11) is 0. The van der Waals surface area contributed by atoms with Gasteiger partial charge in [0.05, 0.1) is 15.6 Å². The summed E-state index contributed by atoms with van der Waals surface area (Å²) in [5.74, 6) is -0.701. The fourth-order valence-electron chi connectivity index (χ4n) is 1.67. The Morgan fingerprint density at radius 3 is 2.48 bits per heavy atom. The van der Waals surface area contributed by atoms with E-state index in [-0.39, 0.29) is 21.3 Å². The van der Waals surface area contributed by atoms with Crippen LogP contribution in [-0.4, -0.2) is 10.8 Å². The number of nitrogens with one attached hydrogen (secondary N) is 1. The summed E-state index contributed by atoms with van der Waals surface area (Å²) in [6.07, 6.45) is 0. The van der Waals surface area contributed by atoms with E-state index in [2.05, 4.69) is 5.32 Å². The number of nitrogens with zero attached hydrogens (tertiary/aromatic N) is 1. The van der Waals surface area contributed by atoms with E-state index in [1.165, 1.54) is 30.3 Å². The van der Waals surface area contributed by atoms with Gasteiger partial charge in [0.25, 0.3) is 5.91 Å². The third kappa shape index (κ3) is 3.44. The monoisotopic (exact) mass is 344 g/mol. The minimum absolute atomic E-state index is 0.121. The first kappa shape index (κ1) is 15.6. The lowest BCUT2D eigenvalue weighted by molar-refractivity contribution is -0.385. The molecule has 21 heavy (non-hydrogen) atoms. The fourth-order valence-corrected chi connectivity index (χ4v) is 2.25. The van der Waals surface area contributed by atoms with Crippen molar-refractivity contribution in [3.8, 4) is 0 Å². The second-order valence-corrected chi connectivity index (χ2v) is 5.22. The van der Waals surface area contributed by atoms with Gasteiger partial charge in [0.2, 0.25) is 0 Å². The van der Waals surface area contributed by atoms with Gasteiger partial charge in [-0.1, -0.05) is 40.9 Å². The summed E-state index contributed by atoms with van der Waals surface area (Å²) in [5.41, 5.74) is -0.373. The largest absolute Gasteiger partial charge is 0.320 e. The van der Waals surface area contributed by atoms with Gasteiger partial charge in [0, 0.05) is 5.02 Å². The van der Waals surface area contributed by atoms with Crippen molar-refractivity contribution in [2.75, 3.05) is 5.32 Å². The summed E-state index contributed by atoms with van der Waals surface area (Å²) >= 11 is 17.5. The van der Waals surface area contributed by atoms with Gasteiger partial charge in [-0.3, -0.25) is 14.9 Å². The quantitative estimate of drug-likeness (QED) is 0.641. The van der Waals surface area contributed by atoms with Crippen molar-refractivity contribution in [1.29, 1.82) is 0 Å². The fraction of sp³-hybridized carbons (Fsp3) is 0. The Balaban J connectivity index is 2.40. The maximum atomic E-state index is 12.2. The molecule has 2 rings (SSSR count). The molecule has 2 aromatic carbocycles. The predicted octanol–water partition coefficient (Wildman–Crippen LogP) is 4.81. The highest BCUT2D eigenvalue weighted by atomic mass is 35.5. The molecule has 1 N–H and O–H groups in total.